The third-order valence-electron chi connectivity index (χ3n) is 3.37. The Bertz CT molecular complexity index is 825. The van der Waals surface area contributed by atoms with Gasteiger partial charge in [-0.1, -0.05) is 42.5 Å². The Labute approximate surface area is 151 Å². The van der Waals surface area contributed by atoms with Crippen LogP contribution in [0.3, 0.4) is 0 Å². The van der Waals surface area contributed by atoms with E-state index in [0.29, 0.717) is 16.7 Å². The Balaban J connectivity index is 1.67. The molecule has 4 nitrogen and oxygen atoms in total. The van der Waals surface area contributed by atoms with E-state index in [-0.39, 0.29) is 5.91 Å². The summed E-state index contributed by atoms with van der Waals surface area (Å²) < 4.78 is 5.41. The number of aliphatic imine (C=N–C) groups is 1. The molecule has 2 aromatic carbocycles. The van der Waals surface area contributed by atoms with Crippen molar-refractivity contribution in [3.05, 3.63) is 77.2 Å². The predicted molar refractivity (Wildman–Crippen MR) is 104 cm³/mol. The van der Waals surface area contributed by atoms with E-state index in [1.54, 1.807) is 6.08 Å². The van der Waals surface area contributed by atoms with Crippen LogP contribution in [-0.2, 0) is 4.79 Å². The van der Waals surface area contributed by atoms with Crippen molar-refractivity contribution in [2.45, 2.75) is 6.92 Å². The van der Waals surface area contributed by atoms with Gasteiger partial charge in [0, 0.05) is 0 Å². The minimum absolute atomic E-state index is 0.132. The highest BCUT2D eigenvalue weighted by atomic mass is 32.2. The zero-order chi connectivity index (χ0) is 17.5. The molecule has 5 heteroatoms. The number of amidine groups is 1. The fourth-order valence-corrected chi connectivity index (χ4v) is 3.00. The van der Waals surface area contributed by atoms with E-state index in [9.17, 15) is 4.79 Å². The number of amides is 1. The van der Waals surface area contributed by atoms with E-state index in [4.69, 9.17) is 4.74 Å². The first kappa shape index (κ1) is 17.0. The number of carbonyl (C=O) groups excluding carboxylic acids is 1. The third-order valence-corrected chi connectivity index (χ3v) is 4.29. The van der Waals surface area contributed by atoms with Crippen LogP contribution in [0.25, 0.3) is 6.08 Å². The van der Waals surface area contributed by atoms with E-state index in [1.807, 2.05) is 73.7 Å². The lowest BCUT2D eigenvalue weighted by Gasteiger charge is -2.02. The van der Waals surface area contributed by atoms with E-state index < -0.39 is 0 Å². The van der Waals surface area contributed by atoms with Gasteiger partial charge >= 0.3 is 0 Å². The molecule has 1 fully saturated rings. The van der Waals surface area contributed by atoms with E-state index in [0.717, 1.165) is 17.0 Å². The summed E-state index contributed by atoms with van der Waals surface area (Å²) in [5, 5.41) is 3.36. The third kappa shape index (κ3) is 4.84. The van der Waals surface area contributed by atoms with Crippen molar-refractivity contribution in [1.82, 2.24) is 5.32 Å². The Kier molecular flexibility index (Phi) is 5.69. The van der Waals surface area contributed by atoms with Crippen molar-refractivity contribution in [2.24, 2.45) is 4.99 Å². The Morgan fingerprint density at radius 3 is 2.60 bits per heavy atom. The lowest BCUT2D eigenvalue weighted by Crippen LogP contribution is -2.19. The quantitative estimate of drug-likeness (QED) is 0.806. The van der Waals surface area contributed by atoms with Gasteiger partial charge in [0.1, 0.15) is 5.75 Å². The van der Waals surface area contributed by atoms with Gasteiger partial charge in [-0.3, -0.25) is 4.79 Å². The number of hydrogen-bond donors (Lipinski definition) is 1. The SMILES string of the molecule is CCOc1ccc(N=C2NC(=O)/C(=C/C=C/c3ccccc3)S2)cc1. The largest absolute Gasteiger partial charge is 0.494 e. The van der Waals surface area contributed by atoms with Gasteiger partial charge in [-0.25, -0.2) is 4.99 Å². The number of allylic oxidation sites excluding steroid dienone is 2. The molecular formula is C20H18N2O2S. The first-order chi connectivity index (χ1) is 12.2. The lowest BCUT2D eigenvalue weighted by atomic mass is 10.2. The first-order valence-electron chi connectivity index (χ1n) is 7.99. The predicted octanol–water partition coefficient (Wildman–Crippen LogP) is 4.53. The minimum Gasteiger partial charge on any atom is -0.494 e. The molecule has 0 saturated carbocycles. The Morgan fingerprint density at radius 1 is 1.12 bits per heavy atom. The molecule has 3 rings (SSSR count). The number of ether oxygens (including phenoxy) is 1. The van der Waals surface area contributed by atoms with Crippen molar-refractivity contribution in [2.75, 3.05) is 6.61 Å². The summed E-state index contributed by atoms with van der Waals surface area (Å²) >= 11 is 1.33. The maximum Gasteiger partial charge on any atom is 0.264 e. The molecule has 25 heavy (non-hydrogen) atoms. The lowest BCUT2D eigenvalue weighted by molar-refractivity contribution is -0.115. The number of nitrogens with one attached hydrogen (secondary N) is 1. The molecule has 0 spiro atoms. The van der Waals surface area contributed by atoms with Crippen molar-refractivity contribution < 1.29 is 9.53 Å². The van der Waals surface area contributed by atoms with Crippen LogP contribution in [0.1, 0.15) is 12.5 Å². The maximum absolute atomic E-state index is 12.0. The second-order valence-electron chi connectivity index (χ2n) is 5.20. The van der Waals surface area contributed by atoms with E-state index in [2.05, 4.69) is 10.3 Å². The Morgan fingerprint density at radius 2 is 1.88 bits per heavy atom. The number of hydrogen-bond acceptors (Lipinski definition) is 4. The average Bonchev–Trinajstić information content (AvgIpc) is 2.97. The van der Waals surface area contributed by atoms with Gasteiger partial charge in [-0.15, -0.1) is 0 Å². The molecule has 0 radical (unpaired) electrons. The van der Waals surface area contributed by atoms with Crippen LogP contribution in [0, 0.1) is 0 Å². The van der Waals surface area contributed by atoms with Crippen molar-refractivity contribution in [1.29, 1.82) is 0 Å². The molecule has 126 valence electrons. The van der Waals surface area contributed by atoms with Crippen LogP contribution in [-0.4, -0.2) is 17.7 Å². The van der Waals surface area contributed by atoms with Crippen molar-refractivity contribution in [3.63, 3.8) is 0 Å². The number of benzene rings is 2. The van der Waals surface area contributed by atoms with Crippen LogP contribution < -0.4 is 10.1 Å². The first-order valence-corrected chi connectivity index (χ1v) is 8.80. The van der Waals surface area contributed by atoms with Gasteiger partial charge in [0.2, 0.25) is 0 Å². The molecule has 1 heterocycles. The molecule has 1 amide bonds. The molecule has 1 aliphatic rings. The molecule has 1 N–H and O–H groups in total. The fraction of sp³-hybridized carbons (Fsp3) is 0.100. The van der Waals surface area contributed by atoms with E-state index in [1.165, 1.54) is 11.8 Å². The monoisotopic (exact) mass is 350 g/mol. The summed E-state index contributed by atoms with van der Waals surface area (Å²) in [6, 6.07) is 17.4. The molecule has 1 saturated heterocycles. The van der Waals surface area contributed by atoms with Crippen LogP contribution in [0.5, 0.6) is 5.75 Å². The highest BCUT2D eigenvalue weighted by Gasteiger charge is 2.23. The van der Waals surface area contributed by atoms with Crippen LogP contribution in [0.2, 0.25) is 0 Å². The van der Waals surface area contributed by atoms with Crippen LogP contribution in [0.4, 0.5) is 5.69 Å². The van der Waals surface area contributed by atoms with Gasteiger partial charge in [0.25, 0.3) is 5.91 Å². The number of thioether (sulfide) groups is 1. The summed E-state index contributed by atoms with van der Waals surface area (Å²) in [5.41, 5.74) is 1.86. The molecule has 0 atom stereocenters. The Hall–Kier alpha value is -2.79. The van der Waals surface area contributed by atoms with Crippen molar-refractivity contribution >= 4 is 34.6 Å². The van der Waals surface area contributed by atoms with Gasteiger partial charge in [-0.05, 0) is 54.6 Å². The van der Waals surface area contributed by atoms with Crippen LogP contribution >= 0.6 is 11.8 Å². The summed E-state index contributed by atoms with van der Waals surface area (Å²) in [7, 11) is 0. The standard InChI is InChI=1S/C20H18N2O2S/c1-2-24-17-13-11-16(12-14-17)21-20-22-19(23)18(25-20)10-6-9-15-7-4-3-5-8-15/h3-14H,2H2,1H3,(H,21,22,23)/b9-6+,18-10-. The fourth-order valence-electron chi connectivity index (χ4n) is 2.21. The molecule has 2 aromatic rings. The summed E-state index contributed by atoms with van der Waals surface area (Å²) in [6.07, 6.45) is 5.63. The molecule has 0 unspecified atom stereocenters. The van der Waals surface area contributed by atoms with Crippen molar-refractivity contribution in [3.8, 4) is 5.75 Å². The number of carbonyl (C=O) groups is 1. The van der Waals surface area contributed by atoms with Gasteiger partial charge in [0.05, 0.1) is 17.2 Å². The molecule has 0 bridgehead atoms. The molecular weight excluding hydrogens is 332 g/mol. The highest BCUT2D eigenvalue weighted by molar-refractivity contribution is 8.18. The van der Waals surface area contributed by atoms with Gasteiger partial charge in [-0.2, -0.15) is 0 Å². The molecule has 1 aliphatic heterocycles. The zero-order valence-electron chi connectivity index (χ0n) is 13.8. The summed E-state index contributed by atoms with van der Waals surface area (Å²) in [6.45, 7) is 2.57. The van der Waals surface area contributed by atoms with Gasteiger partial charge < -0.3 is 10.1 Å². The normalized spacial score (nSPS) is 17.4. The maximum atomic E-state index is 12.0. The van der Waals surface area contributed by atoms with Gasteiger partial charge in [0.15, 0.2) is 5.17 Å². The second kappa shape index (κ2) is 8.35. The summed E-state index contributed by atoms with van der Waals surface area (Å²) in [4.78, 5) is 17.1. The van der Waals surface area contributed by atoms with E-state index >= 15 is 0 Å². The highest BCUT2D eigenvalue weighted by Crippen LogP contribution is 2.27. The minimum atomic E-state index is -0.132. The smallest absolute Gasteiger partial charge is 0.264 e. The molecule has 0 aromatic heterocycles. The van der Waals surface area contributed by atoms with Crippen LogP contribution in [0.15, 0.2) is 76.6 Å². The topological polar surface area (TPSA) is 50.7 Å². The average molecular weight is 350 g/mol. The number of nitrogens with zero attached hydrogens (tertiary/aromatic N) is 1. The number of rotatable bonds is 5. The summed E-state index contributed by atoms with van der Waals surface area (Å²) in [5.74, 6) is 0.675. The second-order valence-corrected chi connectivity index (χ2v) is 6.23. The zero-order valence-corrected chi connectivity index (χ0v) is 14.6. The molecule has 0 aliphatic carbocycles.